The lowest BCUT2D eigenvalue weighted by atomic mass is 10.1. The van der Waals surface area contributed by atoms with E-state index in [0.717, 1.165) is 19.3 Å². The molecule has 22 heteroatoms. The number of benzene rings is 5. The molecule has 0 amide bonds. The van der Waals surface area contributed by atoms with Gasteiger partial charge in [-0.25, -0.2) is 30.8 Å². The second-order valence-electron chi connectivity index (χ2n) is 14.6. The van der Waals surface area contributed by atoms with Gasteiger partial charge in [0, 0.05) is 27.1 Å². The van der Waals surface area contributed by atoms with Crippen molar-refractivity contribution in [3.05, 3.63) is 188 Å². The van der Waals surface area contributed by atoms with E-state index < -0.39 is 69.0 Å². The van der Waals surface area contributed by atoms with Gasteiger partial charge in [0.15, 0.2) is 19.7 Å². The number of carbonyl (C=O) groups is 2. The molecule has 7 aromatic rings. The molecule has 2 aromatic heterocycles. The molecule has 0 aliphatic carbocycles. The number of hydrogen-bond acceptors (Lipinski definition) is 14. The number of sulfone groups is 2. The van der Waals surface area contributed by atoms with Crippen LogP contribution in [0.15, 0.2) is 153 Å². The third kappa shape index (κ3) is 11.9. The number of methoxy groups -OCH3 is 2. The molecule has 0 fully saturated rings. The van der Waals surface area contributed by atoms with E-state index in [4.69, 9.17) is 4.74 Å². The van der Waals surface area contributed by atoms with Crippen molar-refractivity contribution < 1.29 is 57.1 Å². The first-order valence-electron chi connectivity index (χ1n) is 19.6. The highest BCUT2D eigenvalue weighted by Crippen LogP contribution is 2.26. The van der Waals surface area contributed by atoms with Crippen molar-refractivity contribution in [3.63, 3.8) is 0 Å². The molecule has 0 unspecified atom stereocenters. The average molecular weight is 1110 g/mol. The molecule has 0 radical (unpaired) electrons. The Kier molecular flexibility index (Phi) is 15.5. The van der Waals surface area contributed by atoms with Gasteiger partial charge in [0.05, 0.1) is 67.8 Å². The summed E-state index contributed by atoms with van der Waals surface area (Å²) in [5.74, 6) is 2.69. The van der Waals surface area contributed by atoms with Crippen molar-refractivity contribution in [1.29, 1.82) is 0 Å². The number of aromatic nitrogens is 4. The van der Waals surface area contributed by atoms with Crippen LogP contribution in [0.4, 0.5) is 4.39 Å². The molecule has 352 valence electrons. The third-order valence-electron chi connectivity index (χ3n) is 9.66. The largest absolute Gasteiger partial charge is 0.465 e. The fourth-order valence-corrected chi connectivity index (χ4v) is 12.6. The lowest BCUT2D eigenvalue weighted by Crippen LogP contribution is -2.15. The van der Waals surface area contributed by atoms with Crippen LogP contribution in [0.3, 0.4) is 0 Å². The van der Waals surface area contributed by atoms with Crippen LogP contribution in [-0.4, -0.2) is 78.2 Å². The molecular weight excluding hydrogens is 1070 g/mol. The Bertz CT molecular complexity index is 3570. The van der Waals surface area contributed by atoms with Gasteiger partial charge in [0.2, 0.25) is 0 Å². The van der Waals surface area contributed by atoms with Crippen molar-refractivity contribution in [3.8, 4) is 11.8 Å². The lowest BCUT2D eigenvalue weighted by molar-refractivity contribution is 0.0591. The first-order valence-corrected chi connectivity index (χ1v) is 26.9. The Balaban J connectivity index is 0.000000230. The molecule has 7 rings (SSSR count). The minimum Gasteiger partial charge on any atom is -0.465 e. The fourth-order valence-electron chi connectivity index (χ4n) is 6.10. The molecule has 5 aromatic carbocycles. The number of hydrogen-bond donors (Lipinski definition) is 0. The van der Waals surface area contributed by atoms with Gasteiger partial charge in [-0.1, -0.05) is 47.2 Å². The fraction of sp³-hybridized carbons (Fsp3) is 0.130. The number of rotatable bonds is 12. The number of esters is 2. The summed E-state index contributed by atoms with van der Waals surface area (Å²) in [5.41, 5.74) is 2.63. The number of ether oxygens (including phenoxy) is 2. The van der Waals surface area contributed by atoms with E-state index in [0.29, 0.717) is 9.13 Å². The summed E-state index contributed by atoms with van der Waals surface area (Å²) in [7, 11) is -13.4. The maximum absolute atomic E-state index is 13.4. The Morgan fingerprint density at radius 2 is 1.00 bits per heavy atom. The highest BCUT2D eigenvalue weighted by Gasteiger charge is 2.26. The first-order chi connectivity index (χ1) is 32.0. The summed E-state index contributed by atoms with van der Waals surface area (Å²) < 4.78 is 128. The van der Waals surface area contributed by atoms with E-state index >= 15 is 0 Å². The second-order valence-corrected chi connectivity index (χ2v) is 23.3. The third-order valence-corrected chi connectivity index (χ3v) is 17.4. The van der Waals surface area contributed by atoms with Gasteiger partial charge in [0.25, 0.3) is 20.0 Å². The molecule has 68 heavy (non-hydrogen) atoms. The van der Waals surface area contributed by atoms with E-state index in [1.807, 2.05) is 36.4 Å². The molecule has 0 N–H and O–H groups in total. The van der Waals surface area contributed by atoms with Crippen molar-refractivity contribution in [2.45, 2.75) is 44.9 Å². The molecular formula is C46H38FIN4O12S4. The molecule has 0 saturated carbocycles. The van der Waals surface area contributed by atoms with Crippen LogP contribution >= 0.6 is 22.6 Å². The molecule has 0 atom stereocenters. The molecule has 0 spiro atoms. The molecule has 16 nitrogen and oxygen atoms in total. The quantitative estimate of drug-likeness (QED) is 0.0722. The maximum Gasteiger partial charge on any atom is 0.337 e. The monoisotopic (exact) mass is 1110 g/mol. The summed E-state index contributed by atoms with van der Waals surface area (Å²) >= 11 is 1.82. The Morgan fingerprint density at radius 3 is 1.44 bits per heavy atom. The zero-order valence-corrected chi connectivity index (χ0v) is 41.6. The van der Waals surface area contributed by atoms with Crippen LogP contribution < -0.4 is 0 Å². The zero-order chi connectivity index (χ0) is 49.6. The predicted octanol–water partition coefficient (Wildman–Crippen LogP) is 6.52. The van der Waals surface area contributed by atoms with Gasteiger partial charge in [-0.2, -0.15) is 35.2 Å². The summed E-state index contributed by atoms with van der Waals surface area (Å²) in [5, 5.41) is 7.94. The van der Waals surface area contributed by atoms with E-state index in [1.165, 1.54) is 124 Å². The van der Waals surface area contributed by atoms with Crippen LogP contribution in [0.5, 0.6) is 0 Å². The predicted molar refractivity (Wildman–Crippen MR) is 254 cm³/mol. The van der Waals surface area contributed by atoms with Gasteiger partial charge in [-0.3, -0.25) is 0 Å². The molecule has 0 bridgehead atoms. The standard InChI is InChI=1S/C27H21FN2O6S2.C19H17IN2O6S2/c1-19-3-12-25(13-4-19)38(34,35)30-16-15-24(29-30)18-37(32,33)26-14-9-22(27(31)36-2)17-21(26)8-5-20-6-10-23(28)11-7-20;1-13-3-6-16(7-4-13)30(26,27)22-10-9-15(21-22)12-29(24,25)18-8-5-14(11-17(18)20)19(23)28-2/h3-4,6-7,9-17H,18H2,1-2H3;3-11H,12H2,1-2H3. The van der Waals surface area contributed by atoms with Crippen LogP contribution in [0.2, 0.25) is 0 Å². The summed E-state index contributed by atoms with van der Waals surface area (Å²) in [6.45, 7) is 3.66. The first kappa shape index (κ1) is 50.9. The normalized spacial score (nSPS) is 11.7. The van der Waals surface area contributed by atoms with E-state index in [2.05, 4.69) is 26.8 Å². The van der Waals surface area contributed by atoms with Crippen LogP contribution in [0, 0.1) is 35.1 Å². The lowest BCUT2D eigenvalue weighted by Gasteiger charge is -2.08. The minimum atomic E-state index is -4.09. The van der Waals surface area contributed by atoms with Crippen molar-refractivity contribution in [2.75, 3.05) is 14.2 Å². The van der Waals surface area contributed by atoms with Crippen LogP contribution in [-0.2, 0) is 60.7 Å². The minimum absolute atomic E-state index is 0.00447. The summed E-state index contributed by atoms with van der Waals surface area (Å²) in [6.07, 6.45) is 2.39. The van der Waals surface area contributed by atoms with Crippen molar-refractivity contribution >= 4 is 74.3 Å². The van der Waals surface area contributed by atoms with Gasteiger partial charge < -0.3 is 9.47 Å². The molecule has 0 saturated heterocycles. The molecule has 2 heterocycles. The topological polar surface area (TPSA) is 225 Å². The smallest absolute Gasteiger partial charge is 0.337 e. The number of nitrogens with zero attached hydrogens (tertiary/aromatic N) is 4. The van der Waals surface area contributed by atoms with Crippen LogP contribution in [0.25, 0.3) is 0 Å². The number of halogens is 2. The molecule has 0 aliphatic heterocycles. The maximum atomic E-state index is 13.4. The Morgan fingerprint density at radius 1 is 0.574 bits per heavy atom. The Labute approximate surface area is 405 Å². The summed E-state index contributed by atoms with van der Waals surface area (Å²) in [4.78, 5) is 23.5. The van der Waals surface area contributed by atoms with Gasteiger partial charge >= 0.3 is 11.9 Å². The Hall–Kier alpha value is -6.52. The zero-order valence-electron chi connectivity index (χ0n) is 36.2. The number of aryl methyl sites for hydroxylation is 2. The second kappa shape index (κ2) is 20.8. The van der Waals surface area contributed by atoms with Gasteiger partial charge in [-0.15, -0.1) is 0 Å². The van der Waals surface area contributed by atoms with Gasteiger partial charge in [0.1, 0.15) is 5.82 Å². The average Bonchev–Trinajstić information content (AvgIpc) is 3.99. The summed E-state index contributed by atoms with van der Waals surface area (Å²) in [6, 6.07) is 28.3. The van der Waals surface area contributed by atoms with Gasteiger partial charge in [-0.05, 0) is 134 Å². The van der Waals surface area contributed by atoms with Crippen molar-refractivity contribution in [1.82, 2.24) is 18.4 Å². The SMILES string of the molecule is COC(=O)c1ccc(S(=O)(=O)Cc2ccn(S(=O)(=O)c3ccc(C)cc3)n2)c(C#Cc2ccc(F)cc2)c1.COC(=O)c1ccc(S(=O)(=O)Cc2ccn(S(=O)(=O)c3ccc(C)cc3)n2)c(I)c1. The van der Waals surface area contributed by atoms with E-state index in [-0.39, 0.29) is 47.7 Å². The highest BCUT2D eigenvalue weighted by atomic mass is 127. The molecule has 0 aliphatic rings. The van der Waals surface area contributed by atoms with E-state index in [9.17, 15) is 47.7 Å². The van der Waals surface area contributed by atoms with Crippen LogP contribution in [0.1, 0.15) is 54.4 Å². The van der Waals surface area contributed by atoms with Crippen molar-refractivity contribution in [2.24, 2.45) is 0 Å². The highest BCUT2D eigenvalue weighted by molar-refractivity contribution is 14.1. The number of carbonyl (C=O) groups excluding carboxylic acids is 2. The van der Waals surface area contributed by atoms with E-state index in [1.54, 1.807) is 24.3 Å².